The summed E-state index contributed by atoms with van der Waals surface area (Å²) < 4.78 is 11.7. The molecule has 4 heterocycles. The van der Waals surface area contributed by atoms with Crippen LogP contribution >= 0.6 is 11.6 Å². The van der Waals surface area contributed by atoms with Crippen molar-refractivity contribution in [2.24, 2.45) is 11.3 Å². The van der Waals surface area contributed by atoms with Gasteiger partial charge in [-0.1, -0.05) is 37.6 Å². The molecular formula is C40H51ClN6O3. The van der Waals surface area contributed by atoms with Gasteiger partial charge in [0.05, 0.1) is 17.3 Å². The third-order valence-corrected chi connectivity index (χ3v) is 11.1. The monoisotopic (exact) mass is 698 g/mol. The van der Waals surface area contributed by atoms with E-state index in [0.717, 1.165) is 93.6 Å². The van der Waals surface area contributed by atoms with Crippen LogP contribution in [0.4, 0.5) is 10.7 Å². The van der Waals surface area contributed by atoms with Crippen LogP contribution in [0.25, 0.3) is 0 Å². The molecule has 1 atom stereocenters. The van der Waals surface area contributed by atoms with Crippen LogP contribution in [0.5, 0.6) is 5.75 Å². The van der Waals surface area contributed by atoms with Crippen LogP contribution in [0.3, 0.4) is 0 Å². The van der Waals surface area contributed by atoms with Crippen molar-refractivity contribution in [1.29, 1.82) is 5.26 Å². The average molecular weight is 699 g/mol. The zero-order valence-electron chi connectivity index (χ0n) is 30.3. The topological polar surface area (TPSA) is 94.8 Å². The molecule has 1 aromatic heterocycles. The summed E-state index contributed by atoms with van der Waals surface area (Å²) in [6.45, 7) is 17.3. The molecule has 266 valence electrons. The Bertz CT molecular complexity index is 1680. The highest BCUT2D eigenvalue weighted by molar-refractivity contribution is 6.30. The lowest BCUT2D eigenvalue weighted by molar-refractivity contribution is 0.0279. The minimum atomic E-state index is -0.451. The van der Waals surface area contributed by atoms with E-state index in [0.29, 0.717) is 28.5 Å². The van der Waals surface area contributed by atoms with Crippen molar-refractivity contribution < 1.29 is 14.3 Å². The Balaban J connectivity index is 0.958. The second-order valence-electron chi connectivity index (χ2n) is 16.0. The normalized spacial score (nSPS) is 19.7. The molecule has 1 spiro atoms. The Labute approximate surface area is 302 Å². The molecule has 1 amide bonds. The predicted octanol–water partition coefficient (Wildman–Crippen LogP) is 7.85. The standard InChI is InChI=1S/C40H51ClN6O3/c1-38(2,3)50-37(48)47-17-11-29(27-47)26-45-18-12-40(13-19-45)14-20-46(21-15-40)36-43-16-10-34(44-36)28-49-35-8-6-31(7-9-35)39(4,5)32-22-30(25-42)23-33(41)24-32/h6-10,16,22-24,29H,11-15,17-21,26-28H2,1-5H3. The number of anilines is 1. The Morgan fingerprint density at radius 2 is 1.66 bits per heavy atom. The fourth-order valence-corrected chi connectivity index (χ4v) is 7.89. The quantitative estimate of drug-likeness (QED) is 0.235. The van der Waals surface area contributed by atoms with E-state index in [1.54, 1.807) is 6.07 Å². The number of hydrogen-bond donors (Lipinski definition) is 0. The van der Waals surface area contributed by atoms with Crippen molar-refractivity contribution in [3.63, 3.8) is 0 Å². The van der Waals surface area contributed by atoms with E-state index in [2.05, 4.69) is 46.8 Å². The fraction of sp³-hybridized carbons (Fsp3) is 0.550. The highest BCUT2D eigenvalue weighted by atomic mass is 35.5. The lowest BCUT2D eigenvalue weighted by atomic mass is 9.71. The van der Waals surface area contributed by atoms with Crippen LogP contribution in [0.1, 0.15) is 89.1 Å². The van der Waals surface area contributed by atoms with Crippen LogP contribution in [0.2, 0.25) is 5.02 Å². The van der Waals surface area contributed by atoms with E-state index in [-0.39, 0.29) is 11.5 Å². The number of carbonyl (C=O) groups is 1. The van der Waals surface area contributed by atoms with Gasteiger partial charge in [0.1, 0.15) is 18.0 Å². The first-order chi connectivity index (χ1) is 23.8. The summed E-state index contributed by atoms with van der Waals surface area (Å²) in [5, 5.41) is 9.95. The highest BCUT2D eigenvalue weighted by Crippen LogP contribution is 2.42. The zero-order chi connectivity index (χ0) is 35.5. The maximum Gasteiger partial charge on any atom is 0.410 e. The van der Waals surface area contributed by atoms with Crippen molar-refractivity contribution in [3.05, 3.63) is 82.1 Å². The van der Waals surface area contributed by atoms with Gasteiger partial charge < -0.3 is 24.2 Å². The molecule has 1 unspecified atom stereocenters. The van der Waals surface area contributed by atoms with Crippen LogP contribution < -0.4 is 9.64 Å². The average Bonchev–Trinajstić information content (AvgIpc) is 3.57. The number of aromatic nitrogens is 2. The summed E-state index contributed by atoms with van der Waals surface area (Å²) >= 11 is 6.30. The van der Waals surface area contributed by atoms with Crippen molar-refractivity contribution in [2.75, 3.05) is 50.7 Å². The lowest BCUT2D eigenvalue weighted by Crippen LogP contribution is -2.48. The molecule has 0 bridgehead atoms. The Kier molecular flexibility index (Phi) is 10.6. The third-order valence-electron chi connectivity index (χ3n) is 10.9. The molecule has 2 aromatic carbocycles. The van der Waals surface area contributed by atoms with Gasteiger partial charge >= 0.3 is 6.09 Å². The van der Waals surface area contributed by atoms with Crippen molar-refractivity contribution in [3.8, 4) is 11.8 Å². The third kappa shape index (κ3) is 8.70. The number of nitrogens with zero attached hydrogens (tertiary/aromatic N) is 6. The number of rotatable bonds is 8. The Hall–Kier alpha value is -3.87. The number of piperidine rings is 2. The smallest absolute Gasteiger partial charge is 0.410 e. The van der Waals surface area contributed by atoms with Gasteiger partial charge in [0, 0.05) is 49.4 Å². The first-order valence-corrected chi connectivity index (χ1v) is 18.4. The van der Waals surface area contributed by atoms with E-state index in [1.165, 1.54) is 12.8 Å². The van der Waals surface area contributed by atoms with Crippen LogP contribution in [-0.4, -0.2) is 77.3 Å². The SMILES string of the molecule is CC(C)(C)OC(=O)N1CCC(CN2CCC3(CC2)CCN(c2nccc(COc4ccc(C(C)(C)c5cc(Cl)cc(C#N)c5)cc4)n2)CC3)C1. The lowest BCUT2D eigenvalue weighted by Gasteiger charge is -2.47. The Morgan fingerprint density at radius 1 is 0.960 bits per heavy atom. The molecule has 3 aliphatic rings. The maximum absolute atomic E-state index is 12.5. The highest BCUT2D eigenvalue weighted by Gasteiger charge is 2.39. The number of nitriles is 1. The number of carbonyl (C=O) groups excluding carboxylic acids is 1. The molecular weight excluding hydrogens is 648 g/mol. The molecule has 9 nitrogen and oxygen atoms in total. The van der Waals surface area contributed by atoms with E-state index in [9.17, 15) is 10.1 Å². The number of halogens is 1. The molecule has 3 aromatic rings. The van der Waals surface area contributed by atoms with Crippen molar-refractivity contribution >= 4 is 23.6 Å². The summed E-state index contributed by atoms with van der Waals surface area (Å²) in [7, 11) is 0. The van der Waals surface area contributed by atoms with Crippen LogP contribution in [0, 0.1) is 22.7 Å². The largest absolute Gasteiger partial charge is 0.487 e. The molecule has 0 saturated carbocycles. The fourth-order valence-electron chi connectivity index (χ4n) is 7.65. The van der Waals surface area contributed by atoms with E-state index in [1.807, 2.05) is 62.2 Å². The molecule has 3 saturated heterocycles. The molecule has 10 heteroatoms. The number of benzene rings is 2. The number of amides is 1. The van der Waals surface area contributed by atoms with Gasteiger partial charge in [-0.25, -0.2) is 14.8 Å². The minimum Gasteiger partial charge on any atom is -0.487 e. The molecule has 0 aliphatic carbocycles. The summed E-state index contributed by atoms with van der Waals surface area (Å²) in [6.07, 6.45) is 7.50. The summed E-state index contributed by atoms with van der Waals surface area (Å²) in [6, 6.07) is 17.7. The molecule has 50 heavy (non-hydrogen) atoms. The molecule has 0 N–H and O–H groups in total. The number of hydrogen-bond acceptors (Lipinski definition) is 8. The second kappa shape index (κ2) is 14.8. The summed E-state index contributed by atoms with van der Waals surface area (Å²) in [5.74, 6) is 2.08. The maximum atomic E-state index is 12.5. The van der Waals surface area contributed by atoms with Gasteiger partial charge in [-0.2, -0.15) is 5.26 Å². The molecule has 3 fully saturated rings. The van der Waals surface area contributed by atoms with Gasteiger partial charge in [-0.15, -0.1) is 0 Å². The van der Waals surface area contributed by atoms with Gasteiger partial charge in [-0.05, 0) is 125 Å². The number of ether oxygens (including phenoxy) is 2. The van der Waals surface area contributed by atoms with Gasteiger partial charge in [-0.3, -0.25) is 0 Å². The second-order valence-corrected chi connectivity index (χ2v) is 16.4. The molecule has 3 aliphatic heterocycles. The van der Waals surface area contributed by atoms with E-state index < -0.39 is 5.60 Å². The van der Waals surface area contributed by atoms with Crippen LogP contribution in [-0.2, 0) is 16.8 Å². The van der Waals surface area contributed by atoms with Crippen molar-refractivity contribution in [1.82, 2.24) is 19.8 Å². The first kappa shape index (κ1) is 35.9. The van der Waals surface area contributed by atoms with E-state index in [4.69, 9.17) is 26.1 Å². The number of likely N-dealkylation sites (tertiary alicyclic amines) is 2. The zero-order valence-corrected chi connectivity index (χ0v) is 31.0. The summed E-state index contributed by atoms with van der Waals surface area (Å²) in [5.41, 5.74) is 3.13. The van der Waals surface area contributed by atoms with Gasteiger partial charge in [0.15, 0.2) is 0 Å². The minimum absolute atomic E-state index is 0.176. The summed E-state index contributed by atoms with van der Waals surface area (Å²) in [4.78, 5) is 28.8. The van der Waals surface area contributed by atoms with Crippen molar-refractivity contribution in [2.45, 2.75) is 84.3 Å². The Morgan fingerprint density at radius 3 is 2.34 bits per heavy atom. The van der Waals surface area contributed by atoms with E-state index >= 15 is 0 Å². The molecule has 0 radical (unpaired) electrons. The van der Waals surface area contributed by atoms with Gasteiger partial charge in [0.25, 0.3) is 0 Å². The van der Waals surface area contributed by atoms with Crippen LogP contribution in [0.15, 0.2) is 54.7 Å². The first-order valence-electron chi connectivity index (χ1n) is 18.0. The molecule has 6 rings (SSSR count). The predicted molar refractivity (Wildman–Crippen MR) is 197 cm³/mol. The van der Waals surface area contributed by atoms with Gasteiger partial charge in [0.2, 0.25) is 5.95 Å².